The van der Waals surface area contributed by atoms with Crippen molar-refractivity contribution in [3.8, 4) is 5.75 Å². The molecule has 1 unspecified atom stereocenters. The van der Waals surface area contributed by atoms with Gasteiger partial charge in [-0.15, -0.1) is 0 Å². The summed E-state index contributed by atoms with van der Waals surface area (Å²) in [5, 5.41) is 3.00. The molecule has 0 aromatic heterocycles. The third kappa shape index (κ3) is 8.58. The smallest absolute Gasteiger partial charge is 0.242 e. The molecule has 0 fully saturated rings. The SMILES string of the molecule is CCCCNC(=O)C(CC)N(Cc1cccc(OC)c1)C(=O)CCSCc1ccccc1. The van der Waals surface area contributed by atoms with Crippen molar-refractivity contribution in [2.24, 2.45) is 0 Å². The fraction of sp³-hybridized carbons (Fsp3) is 0.462. The van der Waals surface area contributed by atoms with Gasteiger partial charge in [-0.25, -0.2) is 0 Å². The number of hydrogen-bond acceptors (Lipinski definition) is 4. The van der Waals surface area contributed by atoms with Crippen LogP contribution in [0.2, 0.25) is 0 Å². The number of thioether (sulfide) groups is 1. The van der Waals surface area contributed by atoms with Gasteiger partial charge < -0.3 is 15.0 Å². The van der Waals surface area contributed by atoms with Gasteiger partial charge in [0.05, 0.1) is 7.11 Å². The van der Waals surface area contributed by atoms with E-state index >= 15 is 0 Å². The standard InChI is InChI=1S/C26H36N2O3S/c1-4-6-16-27-26(30)24(5-2)28(19-22-13-10-14-23(18-22)31-3)25(29)15-17-32-20-21-11-8-7-9-12-21/h7-14,18,24H,4-6,15-17,19-20H2,1-3H3,(H,27,30). The van der Waals surface area contributed by atoms with E-state index in [-0.39, 0.29) is 11.8 Å². The number of rotatable bonds is 14. The maximum atomic E-state index is 13.2. The van der Waals surface area contributed by atoms with Crippen molar-refractivity contribution in [1.82, 2.24) is 10.2 Å². The minimum atomic E-state index is -0.482. The zero-order valence-corrected chi connectivity index (χ0v) is 20.3. The van der Waals surface area contributed by atoms with Gasteiger partial charge in [0, 0.05) is 31.0 Å². The molecule has 1 atom stereocenters. The number of unbranched alkanes of at least 4 members (excludes halogenated alkanes) is 1. The maximum Gasteiger partial charge on any atom is 0.242 e. The largest absolute Gasteiger partial charge is 0.497 e. The van der Waals surface area contributed by atoms with Gasteiger partial charge in [-0.05, 0) is 36.1 Å². The Morgan fingerprint density at radius 3 is 2.50 bits per heavy atom. The molecule has 0 saturated carbocycles. The molecule has 6 heteroatoms. The van der Waals surface area contributed by atoms with E-state index in [1.807, 2.05) is 49.4 Å². The minimum absolute atomic E-state index is 0.00544. The first-order chi connectivity index (χ1) is 15.6. The Balaban J connectivity index is 2.06. The number of ether oxygens (including phenoxy) is 1. The number of carbonyl (C=O) groups is 2. The molecular weight excluding hydrogens is 420 g/mol. The van der Waals surface area contributed by atoms with Crippen LogP contribution < -0.4 is 10.1 Å². The van der Waals surface area contributed by atoms with Gasteiger partial charge in [0.15, 0.2) is 0 Å². The molecule has 0 aliphatic heterocycles. The summed E-state index contributed by atoms with van der Waals surface area (Å²) in [6, 6.07) is 17.4. The monoisotopic (exact) mass is 456 g/mol. The van der Waals surface area contributed by atoms with Crippen LogP contribution in [0.5, 0.6) is 5.75 Å². The number of nitrogens with zero attached hydrogens (tertiary/aromatic N) is 1. The van der Waals surface area contributed by atoms with E-state index in [4.69, 9.17) is 4.74 Å². The highest BCUT2D eigenvalue weighted by atomic mass is 32.2. The summed E-state index contributed by atoms with van der Waals surface area (Å²) < 4.78 is 5.33. The van der Waals surface area contributed by atoms with Gasteiger partial charge in [0.1, 0.15) is 11.8 Å². The molecule has 0 aliphatic carbocycles. The quantitative estimate of drug-likeness (QED) is 0.405. The Morgan fingerprint density at radius 2 is 1.81 bits per heavy atom. The summed E-state index contributed by atoms with van der Waals surface area (Å²) in [5.74, 6) is 2.27. The Kier molecular flexibility index (Phi) is 11.7. The third-order valence-corrected chi connectivity index (χ3v) is 6.30. The van der Waals surface area contributed by atoms with Gasteiger partial charge in [0.25, 0.3) is 0 Å². The average molecular weight is 457 g/mol. The fourth-order valence-electron chi connectivity index (χ4n) is 3.46. The number of benzene rings is 2. The molecule has 0 bridgehead atoms. The van der Waals surface area contributed by atoms with Crippen LogP contribution in [0.25, 0.3) is 0 Å². The van der Waals surface area contributed by atoms with E-state index in [1.54, 1.807) is 23.8 Å². The van der Waals surface area contributed by atoms with Gasteiger partial charge in [-0.2, -0.15) is 11.8 Å². The predicted octanol–water partition coefficient (Wildman–Crippen LogP) is 5.04. The fourth-order valence-corrected chi connectivity index (χ4v) is 4.35. The highest BCUT2D eigenvalue weighted by molar-refractivity contribution is 7.98. The first-order valence-corrected chi connectivity index (χ1v) is 12.6. The molecule has 0 heterocycles. The highest BCUT2D eigenvalue weighted by Crippen LogP contribution is 2.19. The Morgan fingerprint density at radius 1 is 1.06 bits per heavy atom. The summed E-state index contributed by atoms with van der Waals surface area (Å²) in [6.07, 6.45) is 2.93. The van der Waals surface area contributed by atoms with Crippen LogP contribution in [-0.2, 0) is 21.9 Å². The number of nitrogens with one attached hydrogen (secondary N) is 1. The normalized spacial score (nSPS) is 11.6. The lowest BCUT2D eigenvalue weighted by atomic mass is 10.1. The molecule has 5 nitrogen and oxygen atoms in total. The molecule has 2 rings (SSSR count). The van der Waals surface area contributed by atoms with Crippen molar-refractivity contribution in [2.45, 2.75) is 57.9 Å². The van der Waals surface area contributed by atoms with Crippen LogP contribution in [0.15, 0.2) is 54.6 Å². The van der Waals surface area contributed by atoms with Gasteiger partial charge in [0.2, 0.25) is 11.8 Å². The second-order valence-electron chi connectivity index (χ2n) is 7.73. The molecule has 32 heavy (non-hydrogen) atoms. The molecule has 0 aliphatic rings. The van der Waals surface area contributed by atoms with Crippen LogP contribution in [-0.4, -0.2) is 42.2 Å². The summed E-state index contributed by atoms with van der Waals surface area (Å²) in [5.41, 5.74) is 2.20. The van der Waals surface area contributed by atoms with Crippen LogP contribution in [0.1, 0.15) is 50.7 Å². The van der Waals surface area contributed by atoms with Crippen molar-refractivity contribution in [3.05, 3.63) is 65.7 Å². The van der Waals surface area contributed by atoms with Crippen LogP contribution in [0.4, 0.5) is 0 Å². The van der Waals surface area contributed by atoms with E-state index in [1.165, 1.54) is 5.56 Å². The van der Waals surface area contributed by atoms with Crippen molar-refractivity contribution in [2.75, 3.05) is 19.4 Å². The first kappa shape index (κ1) is 25.8. The molecule has 0 saturated heterocycles. The summed E-state index contributed by atoms with van der Waals surface area (Å²) in [7, 11) is 1.63. The van der Waals surface area contributed by atoms with E-state index in [0.29, 0.717) is 25.9 Å². The van der Waals surface area contributed by atoms with Crippen molar-refractivity contribution >= 4 is 23.6 Å². The lowest BCUT2D eigenvalue weighted by molar-refractivity contribution is -0.141. The molecule has 1 N–H and O–H groups in total. The second kappa shape index (κ2) is 14.6. The van der Waals surface area contributed by atoms with Crippen LogP contribution >= 0.6 is 11.8 Å². The number of methoxy groups -OCH3 is 1. The molecular formula is C26H36N2O3S. The maximum absolute atomic E-state index is 13.2. The predicted molar refractivity (Wildman–Crippen MR) is 133 cm³/mol. The van der Waals surface area contributed by atoms with Crippen LogP contribution in [0, 0.1) is 0 Å². The van der Waals surface area contributed by atoms with Gasteiger partial charge >= 0.3 is 0 Å². The third-order valence-electron chi connectivity index (χ3n) is 5.27. The Bertz CT molecular complexity index is 829. The number of carbonyl (C=O) groups excluding carboxylic acids is 2. The zero-order valence-electron chi connectivity index (χ0n) is 19.5. The number of amides is 2. The van der Waals surface area contributed by atoms with Crippen molar-refractivity contribution in [3.63, 3.8) is 0 Å². The highest BCUT2D eigenvalue weighted by Gasteiger charge is 2.28. The summed E-state index contributed by atoms with van der Waals surface area (Å²) >= 11 is 1.74. The van der Waals surface area contributed by atoms with E-state index in [2.05, 4.69) is 24.4 Å². The van der Waals surface area contributed by atoms with E-state index in [0.717, 1.165) is 35.7 Å². The second-order valence-corrected chi connectivity index (χ2v) is 8.84. The molecule has 174 valence electrons. The van der Waals surface area contributed by atoms with Gasteiger partial charge in [-0.1, -0.05) is 62.7 Å². The molecule has 0 spiro atoms. The molecule has 2 aromatic rings. The lowest BCUT2D eigenvalue weighted by Crippen LogP contribution is -2.49. The lowest BCUT2D eigenvalue weighted by Gasteiger charge is -2.31. The minimum Gasteiger partial charge on any atom is -0.497 e. The average Bonchev–Trinajstić information content (AvgIpc) is 2.82. The van der Waals surface area contributed by atoms with Gasteiger partial charge in [-0.3, -0.25) is 9.59 Å². The van der Waals surface area contributed by atoms with Crippen LogP contribution in [0.3, 0.4) is 0 Å². The van der Waals surface area contributed by atoms with Crippen molar-refractivity contribution < 1.29 is 14.3 Å². The summed E-state index contributed by atoms with van der Waals surface area (Å²) in [6.45, 7) is 5.08. The Hall–Kier alpha value is -2.47. The number of hydrogen-bond donors (Lipinski definition) is 1. The molecule has 2 aromatic carbocycles. The Labute approximate surface area is 196 Å². The topological polar surface area (TPSA) is 58.6 Å². The van der Waals surface area contributed by atoms with E-state index in [9.17, 15) is 9.59 Å². The van der Waals surface area contributed by atoms with E-state index < -0.39 is 6.04 Å². The molecule has 2 amide bonds. The summed E-state index contributed by atoms with van der Waals surface area (Å²) in [4.78, 5) is 27.9. The zero-order chi connectivity index (χ0) is 23.2. The first-order valence-electron chi connectivity index (χ1n) is 11.4. The molecule has 0 radical (unpaired) electrons. The van der Waals surface area contributed by atoms with Crippen molar-refractivity contribution in [1.29, 1.82) is 0 Å².